The Morgan fingerprint density at radius 1 is 1.44 bits per heavy atom. The molecule has 0 radical (unpaired) electrons. The number of furan rings is 1. The average molecular weight is 243 g/mol. The predicted octanol–water partition coefficient (Wildman–Crippen LogP) is 2.00. The van der Waals surface area contributed by atoms with Gasteiger partial charge in [-0.05, 0) is 23.7 Å². The highest BCUT2D eigenvalue weighted by Crippen LogP contribution is 2.17. The van der Waals surface area contributed by atoms with Gasteiger partial charge in [0.2, 0.25) is 0 Å². The summed E-state index contributed by atoms with van der Waals surface area (Å²) < 4.78 is 5.05. The third-order valence-corrected chi connectivity index (χ3v) is 2.76. The second kappa shape index (κ2) is 4.57. The highest BCUT2D eigenvalue weighted by Gasteiger charge is 2.23. The first-order valence-electron chi connectivity index (χ1n) is 4.95. The fourth-order valence-electron chi connectivity index (χ4n) is 1.65. The van der Waals surface area contributed by atoms with Crippen LogP contribution in [0.1, 0.15) is 23.4 Å². The third-order valence-electron chi connectivity index (χ3n) is 2.55. The lowest BCUT2D eigenvalue weighted by molar-refractivity contribution is 0.0722. The molecule has 1 N–H and O–H groups in total. The monoisotopic (exact) mass is 242 g/mol. The quantitative estimate of drug-likeness (QED) is 0.605. The third kappa shape index (κ3) is 2.19. The lowest BCUT2D eigenvalue weighted by Crippen LogP contribution is -2.38. The van der Waals surface area contributed by atoms with Crippen LogP contribution in [0.25, 0.3) is 0 Å². The van der Waals surface area contributed by atoms with E-state index in [1.807, 2.05) is 0 Å². The molecule has 0 saturated carbocycles. The summed E-state index contributed by atoms with van der Waals surface area (Å²) >= 11 is 5.60. The zero-order valence-electron chi connectivity index (χ0n) is 8.52. The molecule has 0 spiro atoms. The van der Waals surface area contributed by atoms with Crippen LogP contribution in [0, 0.1) is 0 Å². The minimum Gasteiger partial charge on any atom is -0.440 e. The number of nitrogens with zero attached hydrogens (tertiary/aromatic N) is 2. The lowest BCUT2D eigenvalue weighted by Gasteiger charge is -2.26. The highest BCUT2D eigenvalue weighted by molar-refractivity contribution is 6.29. The number of hydrogen-bond donors (Lipinski definition) is 1. The van der Waals surface area contributed by atoms with Crippen molar-refractivity contribution in [2.24, 2.45) is 5.16 Å². The lowest BCUT2D eigenvalue weighted by atomic mass is 10.1. The molecular formula is C10H11ClN2O3. The van der Waals surface area contributed by atoms with Gasteiger partial charge in [0, 0.05) is 25.9 Å². The molecule has 86 valence electrons. The van der Waals surface area contributed by atoms with Crippen LogP contribution in [0.5, 0.6) is 0 Å². The molecule has 6 heteroatoms. The van der Waals surface area contributed by atoms with Crippen LogP contribution in [-0.4, -0.2) is 34.8 Å². The van der Waals surface area contributed by atoms with Crippen LogP contribution >= 0.6 is 11.6 Å². The summed E-state index contributed by atoms with van der Waals surface area (Å²) in [6, 6.07) is 3.10. The van der Waals surface area contributed by atoms with E-state index in [2.05, 4.69) is 5.16 Å². The van der Waals surface area contributed by atoms with Gasteiger partial charge in [0.15, 0.2) is 11.0 Å². The van der Waals surface area contributed by atoms with E-state index in [1.54, 1.807) is 17.0 Å². The fourth-order valence-corrected chi connectivity index (χ4v) is 1.80. The number of amides is 1. The van der Waals surface area contributed by atoms with Gasteiger partial charge in [-0.25, -0.2) is 0 Å². The molecule has 5 nitrogen and oxygen atoms in total. The van der Waals surface area contributed by atoms with E-state index in [4.69, 9.17) is 21.2 Å². The van der Waals surface area contributed by atoms with Gasteiger partial charge >= 0.3 is 0 Å². The predicted molar refractivity (Wildman–Crippen MR) is 58.1 cm³/mol. The van der Waals surface area contributed by atoms with Crippen molar-refractivity contribution in [3.8, 4) is 0 Å². The summed E-state index contributed by atoms with van der Waals surface area (Å²) in [5.74, 6) is 0.0678. The van der Waals surface area contributed by atoms with Crippen LogP contribution in [0.3, 0.4) is 0 Å². The molecule has 0 bridgehead atoms. The second-order valence-corrected chi connectivity index (χ2v) is 3.93. The highest BCUT2D eigenvalue weighted by atomic mass is 35.5. The SMILES string of the molecule is O=C(c1ccc(Cl)o1)N1CCC(=NO)CC1. The van der Waals surface area contributed by atoms with E-state index >= 15 is 0 Å². The minimum atomic E-state index is -0.177. The van der Waals surface area contributed by atoms with E-state index in [1.165, 1.54) is 0 Å². The van der Waals surface area contributed by atoms with E-state index < -0.39 is 0 Å². The number of oxime groups is 1. The molecule has 0 aromatic carbocycles. The molecule has 1 fully saturated rings. The molecular weight excluding hydrogens is 232 g/mol. The Hall–Kier alpha value is -1.49. The smallest absolute Gasteiger partial charge is 0.289 e. The molecule has 1 aliphatic heterocycles. The molecule has 1 aromatic rings. The first-order chi connectivity index (χ1) is 7.70. The zero-order valence-corrected chi connectivity index (χ0v) is 9.28. The van der Waals surface area contributed by atoms with Gasteiger partial charge in [-0.2, -0.15) is 0 Å². The van der Waals surface area contributed by atoms with Crippen molar-refractivity contribution in [1.29, 1.82) is 0 Å². The van der Waals surface area contributed by atoms with Gasteiger partial charge in [0.25, 0.3) is 5.91 Å². The van der Waals surface area contributed by atoms with Crippen LogP contribution in [0.15, 0.2) is 21.7 Å². The Morgan fingerprint density at radius 2 is 2.12 bits per heavy atom. The van der Waals surface area contributed by atoms with Crippen molar-refractivity contribution in [2.75, 3.05) is 13.1 Å². The van der Waals surface area contributed by atoms with Crippen molar-refractivity contribution < 1.29 is 14.4 Å². The van der Waals surface area contributed by atoms with Gasteiger partial charge in [-0.1, -0.05) is 5.16 Å². The zero-order chi connectivity index (χ0) is 11.5. The minimum absolute atomic E-state index is 0.177. The summed E-state index contributed by atoms with van der Waals surface area (Å²) in [5, 5.41) is 11.9. The van der Waals surface area contributed by atoms with Gasteiger partial charge in [0.1, 0.15) is 0 Å². The summed E-state index contributed by atoms with van der Waals surface area (Å²) in [4.78, 5) is 13.5. The van der Waals surface area contributed by atoms with Gasteiger partial charge in [-0.15, -0.1) is 0 Å². The maximum Gasteiger partial charge on any atom is 0.289 e. The van der Waals surface area contributed by atoms with Crippen molar-refractivity contribution >= 4 is 23.2 Å². The summed E-state index contributed by atoms with van der Waals surface area (Å²) in [6.45, 7) is 1.08. The maximum atomic E-state index is 11.9. The number of likely N-dealkylation sites (tertiary alicyclic amines) is 1. The van der Waals surface area contributed by atoms with Crippen molar-refractivity contribution in [1.82, 2.24) is 4.90 Å². The van der Waals surface area contributed by atoms with Crippen LogP contribution in [0.4, 0.5) is 0 Å². The van der Waals surface area contributed by atoms with Crippen LogP contribution in [0.2, 0.25) is 5.22 Å². The summed E-state index contributed by atoms with van der Waals surface area (Å²) in [7, 11) is 0. The average Bonchev–Trinajstić information content (AvgIpc) is 2.75. The van der Waals surface area contributed by atoms with E-state index in [-0.39, 0.29) is 16.9 Å². The number of piperidine rings is 1. The Morgan fingerprint density at radius 3 is 2.62 bits per heavy atom. The van der Waals surface area contributed by atoms with Gasteiger partial charge < -0.3 is 14.5 Å². The van der Waals surface area contributed by atoms with Gasteiger partial charge in [0.05, 0.1) is 5.71 Å². The summed E-state index contributed by atoms with van der Waals surface area (Å²) in [5.41, 5.74) is 0.724. The first kappa shape index (κ1) is 11.0. The van der Waals surface area contributed by atoms with E-state index in [0.717, 1.165) is 5.71 Å². The number of hydrogen-bond acceptors (Lipinski definition) is 4. The molecule has 1 saturated heterocycles. The Kier molecular flexibility index (Phi) is 3.14. The Balaban J connectivity index is 2.02. The molecule has 2 rings (SSSR count). The molecule has 0 unspecified atom stereocenters. The van der Waals surface area contributed by atoms with Crippen molar-refractivity contribution in [2.45, 2.75) is 12.8 Å². The number of rotatable bonds is 1. The molecule has 0 atom stereocenters. The van der Waals surface area contributed by atoms with Gasteiger partial charge in [-0.3, -0.25) is 4.79 Å². The molecule has 0 aliphatic carbocycles. The topological polar surface area (TPSA) is 66.0 Å². The Labute approximate surface area is 97.3 Å². The second-order valence-electron chi connectivity index (χ2n) is 3.56. The molecule has 2 heterocycles. The number of carbonyl (C=O) groups excluding carboxylic acids is 1. The molecule has 1 aromatic heterocycles. The Bertz CT molecular complexity index is 417. The van der Waals surface area contributed by atoms with Crippen LogP contribution < -0.4 is 0 Å². The van der Waals surface area contributed by atoms with Crippen LogP contribution in [-0.2, 0) is 0 Å². The number of halogens is 1. The fraction of sp³-hybridized carbons (Fsp3) is 0.400. The summed E-state index contributed by atoms with van der Waals surface area (Å²) in [6.07, 6.45) is 1.19. The first-order valence-corrected chi connectivity index (χ1v) is 5.33. The van der Waals surface area contributed by atoms with E-state index in [9.17, 15) is 4.79 Å². The standard InChI is InChI=1S/C10H11ClN2O3/c11-9-2-1-8(16-9)10(14)13-5-3-7(12-15)4-6-13/h1-2,15H,3-6H2. The van der Waals surface area contributed by atoms with Crippen molar-refractivity contribution in [3.63, 3.8) is 0 Å². The molecule has 1 amide bonds. The normalized spacial score (nSPS) is 16.3. The maximum absolute atomic E-state index is 11.9. The molecule has 1 aliphatic rings. The van der Waals surface area contributed by atoms with Crippen molar-refractivity contribution in [3.05, 3.63) is 23.1 Å². The molecule has 16 heavy (non-hydrogen) atoms. The van der Waals surface area contributed by atoms with E-state index in [0.29, 0.717) is 25.9 Å². The number of carbonyl (C=O) groups is 1. The largest absolute Gasteiger partial charge is 0.440 e.